The number of nitrogens with zero attached hydrogens (tertiary/aromatic N) is 2. The molecule has 0 N–H and O–H groups in total. The molecule has 1 aromatic rings. The molecular weight excluding hydrogens is 347 g/mol. The van der Waals surface area contributed by atoms with Gasteiger partial charge in [0.1, 0.15) is 0 Å². The lowest BCUT2D eigenvalue weighted by Crippen LogP contribution is -2.40. The molecule has 0 spiro atoms. The van der Waals surface area contributed by atoms with Crippen LogP contribution in [-0.4, -0.2) is 49.9 Å². The molecule has 0 aliphatic carbocycles. The molecule has 1 unspecified atom stereocenters. The second-order valence-corrected chi connectivity index (χ2v) is 8.34. The molecular formula is C14H18Cl2N2O3S. The van der Waals surface area contributed by atoms with Crippen LogP contribution in [0.15, 0.2) is 18.2 Å². The number of likely N-dealkylation sites (N-methyl/N-ethyl adjacent to an activating group) is 1. The van der Waals surface area contributed by atoms with Crippen molar-refractivity contribution < 1.29 is 13.2 Å². The standard InChI is InChI=1S/C14H18Cl2N2O3S/c1-17(22(2,20)21)9-14(19)18-7-3-4-13(18)10-5-6-11(15)12(16)8-10/h5-6,8,13H,3-4,7,9H2,1-2H3. The first-order valence-corrected chi connectivity index (χ1v) is 9.46. The van der Waals surface area contributed by atoms with Crippen molar-refractivity contribution in [3.05, 3.63) is 33.8 Å². The predicted octanol–water partition coefficient (Wildman–Crippen LogP) is 2.55. The van der Waals surface area contributed by atoms with E-state index in [0.717, 1.165) is 29.0 Å². The van der Waals surface area contributed by atoms with Gasteiger partial charge in [-0.05, 0) is 30.5 Å². The lowest BCUT2D eigenvalue weighted by atomic mass is 10.0. The first-order valence-electron chi connectivity index (χ1n) is 6.86. The van der Waals surface area contributed by atoms with Crippen molar-refractivity contribution in [1.82, 2.24) is 9.21 Å². The molecule has 1 aliphatic heterocycles. The van der Waals surface area contributed by atoms with Crippen LogP contribution >= 0.6 is 23.2 Å². The third-order valence-corrected chi connectivity index (χ3v) is 5.83. The molecule has 2 rings (SSSR count). The summed E-state index contributed by atoms with van der Waals surface area (Å²) in [6.07, 6.45) is 2.78. The van der Waals surface area contributed by atoms with Gasteiger partial charge in [-0.2, -0.15) is 4.31 Å². The number of carbonyl (C=O) groups excluding carboxylic acids is 1. The summed E-state index contributed by atoms with van der Waals surface area (Å²) in [6.45, 7) is 0.456. The SMILES string of the molecule is CN(CC(=O)N1CCCC1c1ccc(Cl)c(Cl)c1)S(C)(=O)=O. The number of carbonyl (C=O) groups is 1. The average molecular weight is 365 g/mol. The second-order valence-electron chi connectivity index (χ2n) is 5.44. The van der Waals surface area contributed by atoms with Crippen LogP contribution < -0.4 is 0 Å². The topological polar surface area (TPSA) is 57.7 Å². The van der Waals surface area contributed by atoms with Crippen molar-refractivity contribution in [3.63, 3.8) is 0 Å². The van der Waals surface area contributed by atoms with Crippen molar-refractivity contribution >= 4 is 39.1 Å². The highest BCUT2D eigenvalue weighted by Crippen LogP contribution is 2.35. The fraction of sp³-hybridized carbons (Fsp3) is 0.500. The maximum absolute atomic E-state index is 12.4. The Morgan fingerprint density at radius 3 is 2.64 bits per heavy atom. The van der Waals surface area contributed by atoms with Crippen LogP contribution in [0.25, 0.3) is 0 Å². The number of amides is 1. The van der Waals surface area contributed by atoms with Crippen LogP contribution in [0.1, 0.15) is 24.4 Å². The lowest BCUT2D eigenvalue weighted by Gasteiger charge is -2.27. The number of sulfonamides is 1. The van der Waals surface area contributed by atoms with E-state index in [2.05, 4.69) is 0 Å². The molecule has 0 aromatic heterocycles. The maximum Gasteiger partial charge on any atom is 0.238 e. The van der Waals surface area contributed by atoms with Crippen LogP contribution in [0.4, 0.5) is 0 Å². The molecule has 1 fully saturated rings. The largest absolute Gasteiger partial charge is 0.335 e. The van der Waals surface area contributed by atoms with Crippen LogP contribution in [0.5, 0.6) is 0 Å². The molecule has 1 atom stereocenters. The summed E-state index contributed by atoms with van der Waals surface area (Å²) >= 11 is 12.0. The van der Waals surface area contributed by atoms with E-state index in [1.165, 1.54) is 7.05 Å². The maximum atomic E-state index is 12.4. The Labute approximate surface area is 140 Å². The Morgan fingerprint density at radius 2 is 2.05 bits per heavy atom. The summed E-state index contributed by atoms with van der Waals surface area (Å²) in [7, 11) is -1.97. The minimum atomic E-state index is -3.37. The van der Waals surface area contributed by atoms with Crippen LogP contribution in [0, 0.1) is 0 Å². The fourth-order valence-electron chi connectivity index (χ4n) is 2.53. The van der Waals surface area contributed by atoms with Gasteiger partial charge >= 0.3 is 0 Å². The van der Waals surface area contributed by atoms with Gasteiger partial charge in [-0.1, -0.05) is 29.3 Å². The first-order chi connectivity index (χ1) is 10.2. The molecule has 1 amide bonds. The summed E-state index contributed by atoms with van der Waals surface area (Å²) in [5.41, 5.74) is 0.919. The van der Waals surface area contributed by atoms with E-state index < -0.39 is 10.0 Å². The molecule has 22 heavy (non-hydrogen) atoms. The quantitative estimate of drug-likeness (QED) is 0.824. The average Bonchev–Trinajstić information content (AvgIpc) is 2.90. The highest BCUT2D eigenvalue weighted by atomic mass is 35.5. The van der Waals surface area contributed by atoms with Crippen LogP contribution in [0.3, 0.4) is 0 Å². The van der Waals surface area contributed by atoms with Gasteiger partial charge in [-0.3, -0.25) is 4.79 Å². The second kappa shape index (κ2) is 6.74. The number of likely N-dealkylation sites (tertiary alicyclic amines) is 1. The number of hydrogen-bond acceptors (Lipinski definition) is 3. The predicted molar refractivity (Wildman–Crippen MR) is 87.6 cm³/mol. The minimum Gasteiger partial charge on any atom is -0.335 e. The van der Waals surface area contributed by atoms with Gasteiger partial charge in [0, 0.05) is 13.6 Å². The van der Waals surface area contributed by atoms with E-state index in [4.69, 9.17) is 23.2 Å². The number of rotatable bonds is 4. The van der Waals surface area contributed by atoms with Crippen molar-refractivity contribution in [3.8, 4) is 0 Å². The monoisotopic (exact) mass is 364 g/mol. The molecule has 0 bridgehead atoms. The number of hydrogen-bond donors (Lipinski definition) is 0. The van der Waals surface area contributed by atoms with E-state index >= 15 is 0 Å². The van der Waals surface area contributed by atoms with Gasteiger partial charge in [0.15, 0.2) is 0 Å². The van der Waals surface area contributed by atoms with Gasteiger partial charge in [0.25, 0.3) is 0 Å². The van der Waals surface area contributed by atoms with Crippen molar-refractivity contribution in [2.75, 3.05) is 26.4 Å². The third kappa shape index (κ3) is 3.93. The Morgan fingerprint density at radius 1 is 1.36 bits per heavy atom. The summed E-state index contributed by atoms with van der Waals surface area (Å²) in [5.74, 6) is -0.207. The van der Waals surface area contributed by atoms with Crippen LogP contribution in [-0.2, 0) is 14.8 Å². The molecule has 0 saturated carbocycles. The molecule has 0 radical (unpaired) electrons. The van der Waals surface area contributed by atoms with Gasteiger partial charge in [-0.25, -0.2) is 8.42 Å². The Hall–Kier alpha value is -0.820. The molecule has 8 heteroatoms. The molecule has 122 valence electrons. The number of benzene rings is 1. The summed E-state index contributed by atoms with van der Waals surface area (Å²) in [5, 5.41) is 0.921. The van der Waals surface area contributed by atoms with Gasteiger partial charge in [0.05, 0.1) is 28.9 Å². The lowest BCUT2D eigenvalue weighted by molar-refractivity contribution is -0.132. The molecule has 1 saturated heterocycles. The van der Waals surface area contributed by atoms with Crippen molar-refractivity contribution in [1.29, 1.82) is 0 Å². The smallest absolute Gasteiger partial charge is 0.238 e. The van der Waals surface area contributed by atoms with Crippen molar-refractivity contribution in [2.45, 2.75) is 18.9 Å². The zero-order valence-corrected chi connectivity index (χ0v) is 14.7. The van der Waals surface area contributed by atoms with E-state index in [-0.39, 0.29) is 18.5 Å². The third-order valence-electron chi connectivity index (χ3n) is 3.83. The van der Waals surface area contributed by atoms with Crippen molar-refractivity contribution in [2.24, 2.45) is 0 Å². The fourth-order valence-corrected chi connectivity index (χ4v) is 3.18. The zero-order chi connectivity index (χ0) is 16.5. The Balaban J connectivity index is 2.16. The zero-order valence-electron chi connectivity index (χ0n) is 12.4. The normalized spacial score (nSPS) is 19.0. The summed E-state index contributed by atoms with van der Waals surface area (Å²) in [4.78, 5) is 14.1. The van der Waals surface area contributed by atoms with E-state index in [1.54, 1.807) is 17.0 Å². The Kier molecular flexibility index (Phi) is 5.37. The van der Waals surface area contributed by atoms with Crippen LogP contribution in [0.2, 0.25) is 10.0 Å². The molecule has 1 aromatic carbocycles. The van der Waals surface area contributed by atoms with E-state index in [1.807, 2.05) is 6.07 Å². The Bertz CT molecular complexity index is 679. The molecule has 5 nitrogen and oxygen atoms in total. The highest BCUT2D eigenvalue weighted by Gasteiger charge is 2.31. The van der Waals surface area contributed by atoms with Gasteiger partial charge in [0.2, 0.25) is 15.9 Å². The first kappa shape index (κ1) is 17.5. The number of halogens is 2. The summed E-state index contributed by atoms with van der Waals surface area (Å²) < 4.78 is 23.9. The molecule has 1 heterocycles. The summed E-state index contributed by atoms with van der Waals surface area (Å²) in [6, 6.07) is 5.24. The van der Waals surface area contributed by atoms with E-state index in [0.29, 0.717) is 16.6 Å². The van der Waals surface area contributed by atoms with Gasteiger partial charge < -0.3 is 4.90 Å². The van der Waals surface area contributed by atoms with E-state index in [9.17, 15) is 13.2 Å². The van der Waals surface area contributed by atoms with Gasteiger partial charge in [-0.15, -0.1) is 0 Å². The minimum absolute atomic E-state index is 0.0878. The molecule has 1 aliphatic rings. The highest BCUT2D eigenvalue weighted by molar-refractivity contribution is 7.88.